The van der Waals surface area contributed by atoms with Crippen molar-refractivity contribution in [1.29, 1.82) is 0 Å². The maximum atomic E-state index is 12.3. The summed E-state index contributed by atoms with van der Waals surface area (Å²) in [5.74, 6) is -0.480. The van der Waals surface area contributed by atoms with Crippen molar-refractivity contribution in [2.75, 3.05) is 11.9 Å². The van der Waals surface area contributed by atoms with E-state index < -0.39 is 6.04 Å². The van der Waals surface area contributed by atoms with E-state index in [1.165, 1.54) is 0 Å². The molecule has 0 aromatic heterocycles. The van der Waals surface area contributed by atoms with Gasteiger partial charge in [0, 0.05) is 16.8 Å². The number of amides is 2. The van der Waals surface area contributed by atoms with Crippen LogP contribution in [-0.2, 0) is 9.59 Å². The zero-order valence-corrected chi connectivity index (χ0v) is 16.9. The average molecular weight is 388 g/mol. The van der Waals surface area contributed by atoms with Crippen LogP contribution in [0.1, 0.15) is 36.6 Å². The molecule has 2 aromatic carbocycles. The standard InChI is InChI=1S/C21H26ClN3O2/c1-13-6-5-7-14(2)20(13)25-19(26)12-23-21(27)16(4)24-15(3)17-8-10-18(22)11-9-17/h5-11,15-16,24H,12H2,1-4H3,(H,23,27)(H,25,26). The van der Waals surface area contributed by atoms with Gasteiger partial charge in [0.25, 0.3) is 0 Å². The number of anilines is 1. The number of nitrogens with one attached hydrogen (secondary N) is 3. The summed E-state index contributed by atoms with van der Waals surface area (Å²) in [4.78, 5) is 24.4. The molecule has 5 nitrogen and oxygen atoms in total. The smallest absolute Gasteiger partial charge is 0.243 e. The maximum absolute atomic E-state index is 12.3. The van der Waals surface area contributed by atoms with Gasteiger partial charge < -0.3 is 10.6 Å². The van der Waals surface area contributed by atoms with Crippen LogP contribution in [0, 0.1) is 13.8 Å². The van der Waals surface area contributed by atoms with Gasteiger partial charge in [0.05, 0.1) is 12.6 Å². The van der Waals surface area contributed by atoms with Crippen molar-refractivity contribution in [2.45, 2.75) is 39.8 Å². The van der Waals surface area contributed by atoms with Crippen molar-refractivity contribution in [1.82, 2.24) is 10.6 Å². The molecule has 0 bridgehead atoms. The topological polar surface area (TPSA) is 70.2 Å². The monoisotopic (exact) mass is 387 g/mol. The second-order valence-corrected chi connectivity index (χ2v) is 7.13. The largest absolute Gasteiger partial charge is 0.346 e. The van der Waals surface area contributed by atoms with Gasteiger partial charge in [-0.15, -0.1) is 0 Å². The molecule has 3 N–H and O–H groups in total. The molecule has 27 heavy (non-hydrogen) atoms. The summed E-state index contributed by atoms with van der Waals surface area (Å²) in [6.45, 7) is 7.54. The van der Waals surface area contributed by atoms with Crippen LogP contribution in [0.25, 0.3) is 0 Å². The Morgan fingerprint density at radius 1 is 1.00 bits per heavy atom. The summed E-state index contributed by atoms with van der Waals surface area (Å²) in [6, 6.07) is 12.8. The SMILES string of the molecule is Cc1cccc(C)c1NC(=O)CNC(=O)C(C)NC(C)c1ccc(Cl)cc1. The zero-order valence-electron chi connectivity index (χ0n) is 16.1. The molecular weight excluding hydrogens is 362 g/mol. The van der Waals surface area contributed by atoms with Crippen LogP contribution in [0.4, 0.5) is 5.69 Å². The van der Waals surface area contributed by atoms with Crippen LogP contribution in [-0.4, -0.2) is 24.4 Å². The predicted molar refractivity (Wildman–Crippen MR) is 110 cm³/mol. The highest BCUT2D eigenvalue weighted by atomic mass is 35.5. The minimum absolute atomic E-state index is 0.0218. The van der Waals surface area contributed by atoms with Crippen molar-refractivity contribution in [3.05, 3.63) is 64.2 Å². The average Bonchev–Trinajstić information content (AvgIpc) is 2.63. The van der Waals surface area contributed by atoms with Gasteiger partial charge in [0.1, 0.15) is 0 Å². The Morgan fingerprint density at radius 2 is 1.59 bits per heavy atom. The van der Waals surface area contributed by atoms with Crippen LogP contribution in [0.2, 0.25) is 5.02 Å². The first-order valence-corrected chi connectivity index (χ1v) is 9.31. The summed E-state index contributed by atoms with van der Waals surface area (Å²) in [6.07, 6.45) is 0. The Kier molecular flexibility index (Phi) is 7.39. The third-order valence-corrected chi connectivity index (χ3v) is 4.68. The van der Waals surface area contributed by atoms with Crippen molar-refractivity contribution in [3.8, 4) is 0 Å². The van der Waals surface area contributed by atoms with Gasteiger partial charge in [-0.2, -0.15) is 0 Å². The van der Waals surface area contributed by atoms with Crippen LogP contribution < -0.4 is 16.0 Å². The number of hydrogen-bond acceptors (Lipinski definition) is 3. The summed E-state index contributed by atoms with van der Waals surface area (Å²) < 4.78 is 0. The molecule has 144 valence electrons. The molecule has 2 aromatic rings. The van der Waals surface area contributed by atoms with Crippen molar-refractivity contribution in [2.24, 2.45) is 0 Å². The highest BCUT2D eigenvalue weighted by Gasteiger charge is 2.17. The lowest BCUT2D eigenvalue weighted by atomic mass is 10.1. The van der Waals surface area contributed by atoms with Crippen LogP contribution in [0.3, 0.4) is 0 Å². The fourth-order valence-corrected chi connectivity index (χ4v) is 2.94. The Bertz CT molecular complexity index is 785. The second kappa shape index (κ2) is 9.53. The van der Waals surface area contributed by atoms with Gasteiger partial charge in [0.15, 0.2) is 0 Å². The fourth-order valence-electron chi connectivity index (χ4n) is 2.81. The molecule has 6 heteroatoms. The fraction of sp³-hybridized carbons (Fsp3) is 0.333. The first kappa shape index (κ1) is 20.9. The first-order chi connectivity index (χ1) is 12.8. The van der Waals surface area contributed by atoms with E-state index in [2.05, 4.69) is 16.0 Å². The molecule has 0 aliphatic rings. The summed E-state index contributed by atoms with van der Waals surface area (Å²) in [5, 5.41) is 9.42. The van der Waals surface area contributed by atoms with Gasteiger partial charge >= 0.3 is 0 Å². The molecule has 0 aliphatic carbocycles. The van der Waals surface area contributed by atoms with E-state index in [-0.39, 0.29) is 24.4 Å². The minimum atomic E-state index is -0.441. The van der Waals surface area contributed by atoms with Gasteiger partial charge in [-0.1, -0.05) is 41.9 Å². The molecule has 2 amide bonds. The lowest BCUT2D eigenvalue weighted by molar-refractivity contribution is -0.125. The Hall–Kier alpha value is -2.37. The number of para-hydroxylation sites is 1. The summed E-state index contributed by atoms with van der Waals surface area (Å²) in [7, 11) is 0. The van der Waals surface area contributed by atoms with Gasteiger partial charge in [-0.3, -0.25) is 14.9 Å². The molecule has 0 heterocycles. The van der Waals surface area contributed by atoms with Crippen LogP contribution in [0.15, 0.2) is 42.5 Å². The number of rotatable bonds is 7. The molecule has 2 rings (SSSR count). The van der Waals surface area contributed by atoms with Crippen molar-refractivity contribution >= 4 is 29.1 Å². The highest BCUT2D eigenvalue weighted by molar-refractivity contribution is 6.30. The van der Waals surface area contributed by atoms with E-state index in [0.717, 1.165) is 22.4 Å². The predicted octanol–water partition coefficient (Wildman–Crippen LogP) is 3.75. The molecule has 0 spiro atoms. The third kappa shape index (κ3) is 6.08. The van der Waals surface area contributed by atoms with E-state index in [1.54, 1.807) is 6.92 Å². The number of carbonyl (C=O) groups is 2. The Labute approximate surface area is 165 Å². The number of aryl methyl sites for hydroxylation is 2. The Balaban J connectivity index is 1.83. The molecule has 0 aliphatic heterocycles. The second-order valence-electron chi connectivity index (χ2n) is 6.69. The van der Waals surface area contributed by atoms with E-state index in [9.17, 15) is 9.59 Å². The third-order valence-electron chi connectivity index (χ3n) is 4.43. The summed E-state index contributed by atoms with van der Waals surface area (Å²) >= 11 is 5.90. The van der Waals surface area contributed by atoms with Crippen molar-refractivity contribution < 1.29 is 9.59 Å². The normalized spacial score (nSPS) is 12.9. The maximum Gasteiger partial charge on any atom is 0.243 e. The molecule has 0 saturated carbocycles. The lowest BCUT2D eigenvalue weighted by Crippen LogP contribution is -2.45. The zero-order chi connectivity index (χ0) is 20.0. The van der Waals surface area contributed by atoms with E-state index >= 15 is 0 Å². The molecule has 2 unspecified atom stereocenters. The van der Waals surface area contributed by atoms with E-state index in [1.807, 2.05) is 63.2 Å². The number of benzene rings is 2. The van der Waals surface area contributed by atoms with Gasteiger partial charge in [-0.25, -0.2) is 0 Å². The molecular formula is C21H26ClN3O2. The first-order valence-electron chi connectivity index (χ1n) is 8.93. The minimum Gasteiger partial charge on any atom is -0.346 e. The van der Waals surface area contributed by atoms with Gasteiger partial charge in [-0.05, 0) is 56.5 Å². The van der Waals surface area contributed by atoms with E-state index in [0.29, 0.717) is 5.02 Å². The molecule has 0 saturated heterocycles. The number of hydrogen-bond donors (Lipinski definition) is 3. The van der Waals surface area contributed by atoms with Crippen LogP contribution in [0.5, 0.6) is 0 Å². The summed E-state index contributed by atoms with van der Waals surface area (Å²) in [5.41, 5.74) is 3.80. The van der Waals surface area contributed by atoms with Crippen LogP contribution >= 0.6 is 11.6 Å². The molecule has 0 fully saturated rings. The van der Waals surface area contributed by atoms with Gasteiger partial charge in [0.2, 0.25) is 11.8 Å². The molecule has 0 radical (unpaired) electrons. The molecule has 2 atom stereocenters. The quantitative estimate of drug-likeness (QED) is 0.677. The van der Waals surface area contributed by atoms with E-state index in [4.69, 9.17) is 11.6 Å². The lowest BCUT2D eigenvalue weighted by Gasteiger charge is -2.20. The Morgan fingerprint density at radius 3 is 2.19 bits per heavy atom. The highest BCUT2D eigenvalue weighted by Crippen LogP contribution is 2.19. The number of carbonyl (C=O) groups excluding carboxylic acids is 2. The number of halogens is 1. The van der Waals surface area contributed by atoms with Crippen molar-refractivity contribution in [3.63, 3.8) is 0 Å².